The lowest BCUT2D eigenvalue weighted by atomic mass is 10.1. The molecule has 166 valence electrons. The van der Waals surface area contributed by atoms with Crippen molar-refractivity contribution in [3.63, 3.8) is 0 Å². The molecule has 1 amide bonds. The van der Waals surface area contributed by atoms with Crippen LogP contribution >= 0.6 is 0 Å². The summed E-state index contributed by atoms with van der Waals surface area (Å²) >= 11 is 0. The van der Waals surface area contributed by atoms with Gasteiger partial charge >= 0.3 is 6.18 Å². The fourth-order valence-corrected chi connectivity index (χ4v) is 3.89. The molecule has 0 saturated heterocycles. The van der Waals surface area contributed by atoms with Gasteiger partial charge in [0.1, 0.15) is 22.7 Å². The molecule has 7 nitrogen and oxygen atoms in total. The molecule has 0 radical (unpaired) electrons. The summed E-state index contributed by atoms with van der Waals surface area (Å²) in [7, 11) is -3.91. The minimum Gasteiger partial charge on any atom is -0.336 e. The number of carbonyl (C=O) groups is 1. The quantitative estimate of drug-likeness (QED) is 0.476. The Kier molecular flexibility index (Phi) is 5.89. The number of fused-ring (bicyclic) bond motifs is 1. The number of alkyl halides is 3. The highest BCUT2D eigenvalue weighted by molar-refractivity contribution is 7.92. The summed E-state index contributed by atoms with van der Waals surface area (Å²) in [6.07, 6.45) is -3.39. The van der Waals surface area contributed by atoms with Gasteiger partial charge in [-0.2, -0.15) is 13.2 Å². The highest BCUT2D eigenvalue weighted by Crippen LogP contribution is 2.31. The first-order valence-corrected chi connectivity index (χ1v) is 10.4. The third-order valence-corrected chi connectivity index (χ3v) is 5.57. The third-order valence-electron chi connectivity index (χ3n) is 4.09. The molecule has 0 fully saturated rings. The van der Waals surface area contributed by atoms with Gasteiger partial charge in [-0.15, -0.1) is 0 Å². The lowest BCUT2D eigenvalue weighted by Gasteiger charge is -2.12. The molecule has 0 unspecified atom stereocenters. The molecule has 0 bridgehead atoms. The van der Waals surface area contributed by atoms with Crippen molar-refractivity contribution in [2.24, 2.45) is 0 Å². The number of carbonyl (C=O) groups excluding carboxylic acids is 1. The molecule has 0 aliphatic heterocycles. The average molecular weight is 462 g/mol. The van der Waals surface area contributed by atoms with Gasteiger partial charge in [-0.05, 0) is 30.7 Å². The Balaban J connectivity index is 1.90. The van der Waals surface area contributed by atoms with Crippen molar-refractivity contribution in [3.05, 3.63) is 53.4 Å². The maximum atomic E-state index is 14.7. The molecule has 13 heteroatoms. The Morgan fingerprint density at radius 1 is 1.19 bits per heavy atom. The summed E-state index contributed by atoms with van der Waals surface area (Å²) in [6, 6.07) is 3.45. The number of amides is 1. The number of sulfonamides is 1. The second kappa shape index (κ2) is 8.13. The van der Waals surface area contributed by atoms with E-state index in [4.69, 9.17) is 0 Å². The second-order valence-corrected chi connectivity index (χ2v) is 8.34. The van der Waals surface area contributed by atoms with E-state index in [1.807, 2.05) is 4.72 Å². The number of aromatic nitrogens is 2. The standard InChI is InChI=1S/C18H15F5N4O3S/c1-2-5-31(29,30)27-12-4-3-11(19)14(15(12)20)17(28)25-10-6-9-7-13(18(21,22)23)26-16(9)24-8-10/h3-4,6-8,27H,2,5H2,1H3,(H,24,26)(H,25,28). The molecular formula is C18H15F5N4O3S. The lowest BCUT2D eigenvalue weighted by Crippen LogP contribution is -2.20. The topological polar surface area (TPSA) is 104 Å². The summed E-state index contributed by atoms with van der Waals surface area (Å²) in [5, 5.41) is 2.15. The van der Waals surface area contributed by atoms with Crippen LogP contribution in [0.4, 0.5) is 33.3 Å². The minimum absolute atomic E-state index is 0.00662. The first-order chi connectivity index (χ1) is 14.4. The van der Waals surface area contributed by atoms with E-state index in [1.54, 1.807) is 6.92 Å². The van der Waals surface area contributed by atoms with Crippen LogP contribution in [0.3, 0.4) is 0 Å². The van der Waals surface area contributed by atoms with Crippen LogP contribution in [0.2, 0.25) is 0 Å². The molecule has 0 atom stereocenters. The highest BCUT2D eigenvalue weighted by atomic mass is 32.2. The van der Waals surface area contributed by atoms with Crippen LogP contribution in [0.25, 0.3) is 11.0 Å². The van der Waals surface area contributed by atoms with E-state index in [2.05, 4.69) is 15.3 Å². The Bertz CT molecular complexity index is 1260. The number of rotatable bonds is 6. The summed E-state index contributed by atoms with van der Waals surface area (Å²) < 4.78 is 92.8. The van der Waals surface area contributed by atoms with E-state index in [1.165, 1.54) is 0 Å². The fraction of sp³-hybridized carbons (Fsp3) is 0.222. The Morgan fingerprint density at radius 3 is 2.55 bits per heavy atom. The van der Waals surface area contributed by atoms with Gasteiger partial charge in [0.25, 0.3) is 5.91 Å². The van der Waals surface area contributed by atoms with E-state index in [-0.39, 0.29) is 28.9 Å². The van der Waals surface area contributed by atoms with Crippen LogP contribution in [-0.4, -0.2) is 30.0 Å². The first kappa shape index (κ1) is 22.5. The molecule has 31 heavy (non-hydrogen) atoms. The number of hydrogen-bond acceptors (Lipinski definition) is 4. The van der Waals surface area contributed by atoms with Gasteiger partial charge in [0, 0.05) is 5.39 Å². The van der Waals surface area contributed by atoms with Gasteiger partial charge in [-0.25, -0.2) is 22.2 Å². The van der Waals surface area contributed by atoms with Crippen molar-refractivity contribution in [2.75, 3.05) is 15.8 Å². The van der Waals surface area contributed by atoms with Gasteiger partial charge in [-0.1, -0.05) is 6.92 Å². The monoisotopic (exact) mass is 462 g/mol. The number of nitrogens with zero attached hydrogens (tertiary/aromatic N) is 1. The van der Waals surface area contributed by atoms with Crippen LogP contribution in [-0.2, 0) is 16.2 Å². The van der Waals surface area contributed by atoms with Crippen LogP contribution in [0.5, 0.6) is 0 Å². The third kappa shape index (κ3) is 4.93. The number of nitrogens with one attached hydrogen (secondary N) is 3. The smallest absolute Gasteiger partial charge is 0.336 e. The van der Waals surface area contributed by atoms with Gasteiger partial charge in [0.05, 0.1) is 23.3 Å². The number of halogens is 5. The van der Waals surface area contributed by atoms with Gasteiger partial charge < -0.3 is 10.3 Å². The zero-order chi connectivity index (χ0) is 23.0. The van der Waals surface area contributed by atoms with Crippen LogP contribution in [0, 0.1) is 11.6 Å². The van der Waals surface area contributed by atoms with Gasteiger partial charge in [-0.3, -0.25) is 9.52 Å². The number of hydrogen-bond donors (Lipinski definition) is 3. The molecule has 1 aromatic carbocycles. The van der Waals surface area contributed by atoms with Crippen molar-refractivity contribution in [3.8, 4) is 0 Å². The molecule has 0 spiro atoms. The van der Waals surface area contributed by atoms with Crippen LogP contribution in [0.15, 0.2) is 30.5 Å². The van der Waals surface area contributed by atoms with Crippen molar-refractivity contribution in [1.29, 1.82) is 0 Å². The summed E-state index contributed by atoms with van der Waals surface area (Å²) in [5.41, 5.74) is -2.96. The van der Waals surface area contributed by atoms with Crippen LogP contribution in [0.1, 0.15) is 29.4 Å². The highest BCUT2D eigenvalue weighted by Gasteiger charge is 2.32. The number of H-pyrrole nitrogens is 1. The zero-order valence-electron chi connectivity index (χ0n) is 15.8. The Morgan fingerprint density at radius 2 is 1.90 bits per heavy atom. The molecule has 0 aliphatic carbocycles. The van der Waals surface area contributed by atoms with E-state index in [9.17, 15) is 35.2 Å². The molecular weight excluding hydrogens is 447 g/mol. The number of benzene rings is 1. The maximum Gasteiger partial charge on any atom is 0.431 e. The fourth-order valence-electron chi connectivity index (χ4n) is 2.76. The minimum atomic E-state index is -4.64. The molecule has 0 saturated carbocycles. The first-order valence-electron chi connectivity index (χ1n) is 8.77. The SMILES string of the molecule is CCCS(=O)(=O)Nc1ccc(F)c(C(=O)Nc2cnc3[nH]c(C(F)(F)F)cc3c2)c1F. The molecule has 3 rings (SSSR count). The largest absolute Gasteiger partial charge is 0.431 e. The van der Waals surface area contributed by atoms with Crippen LogP contribution < -0.4 is 10.0 Å². The van der Waals surface area contributed by atoms with E-state index >= 15 is 0 Å². The van der Waals surface area contributed by atoms with Crippen molar-refractivity contribution < 1.29 is 35.2 Å². The van der Waals surface area contributed by atoms with Crippen molar-refractivity contribution in [2.45, 2.75) is 19.5 Å². The predicted octanol–water partition coefficient (Wildman–Crippen LogP) is 4.26. The average Bonchev–Trinajstić information content (AvgIpc) is 3.08. The van der Waals surface area contributed by atoms with E-state index < -0.39 is 50.7 Å². The Hall–Kier alpha value is -3.22. The lowest BCUT2D eigenvalue weighted by molar-refractivity contribution is -0.140. The molecule has 3 aromatic rings. The van der Waals surface area contributed by atoms with Gasteiger partial charge in [0.2, 0.25) is 10.0 Å². The number of pyridine rings is 1. The van der Waals surface area contributed by atoms with E-state index in [0.717, 1.165) is 24.4 Å². The number of anilines is 2. The second-order valence-electron chi connectivity index (χ2n) is 6.50. The molecule has 0 aliphatic rings. The molecule has 3 N–H and O–H groups in total. The number of aromatic amines is 1. The van der Waals surface area contributed by atoms with E-state index in [0.29, 0.717) is 6.07 Å². The maximum absolute atomic E-state index is 14.7. The summed E-state index contributed by atoms with van der Waals surface area (Å²) in [6.45, 7) is 1.59. The Labute approximate surface area is 172 Å². The molecule has 2 aromatic heterocycles. The summed E-state index contributed by atoms with van der Waals surface area (Å²) in [5.74, 6) is -4.29. The van der Waals surface area contributed by atoms with Crippen molar-refractivity contribution in [1.82, 2.24) is 9.97 Å². The molecule has 2 heterocycles. The van der Waals surface area contributed by atoms with Crippen molar-refractivity contribution >= 4 is 38.3 Å². The normalized spacial score (nSPS) is 12.2. The summed E-state index contributed by atoms with van der Waals surface area (Å²) in [4.78, 5) is 18.2. The zero-order valence-corrected chi connectivity index (χ0v) is 16.6. The van der Waals surface area contributed by atoms with Gasteiger partial charge in [0.15, 0.2) is 5.82 Å². The predicted molar refractivity (Wildman–Crippen MR) is 103 cm³/mol.